The van der Waals surface area contributed by atoms with E-state index in [2.05, 4.69) is 56.8 Å². The summed E-state index contributed by atoms with van der Waals surface area (Å²) in [5, 5.41) is 8.33. The summed E-state index contributed by atoms with van der Waals surface area (Å²) >= 11 is 1.85. The van der Waals surface area contributed by atoms with Crippen LogP contribution in [-0.4, -0.2) is 13.1 Å². The van der Waals surface area contributed by atoms with E-state index in [0.717, 1.165) is 30.2 Å². The molecule has 0 spiro atoms. The van der Waals surface area contributed by atoms with Crippen molar-refractivity contribution in [3.8, 4) is 0 Å². The molecule has 1 aromatic rings. The van der Waals surface area contributed by atoms with Crippen molar-refractivity contribution in [1.82, 2.24) is 5.32 Å². The molecule has 1 nitrogen and oxygen atoms in total. The van der Waals surface area contributed by atoms with Gasteiger partial charge in [-0.3, -0.25) is 0 Å². The summed E-state index contributed by atoms with van der Waals surface area (Å²) in [6.45, 7) is 14.2. The molecule has 1 saturated carbocycles. The van der Waals surface area contributed by atoms with Gasteiger partial charge >= 0.3 is 0 Å². The van der Waals surface area contributed by atoms with Crippen LogP contribution < -0.4 is 5.32 Å². The fourth-order valence-corrected chi connectivity index (χ4v) is 4.44. The molecular formula is C19H33NS. The Morgan fingerprint density at radius 1 is 1.29 bits per heavy atom. The first-order valence-corrected chi connectivity index (χ1v) is 9.55. The Hall–Kier alpha value is -0.340. The molecule has 0 aliphatic heterocycles. The van der Waals surface area contributed by atoms with Gasteiger partial charge in [-0.25, -0.2) is 0 Å². The van der Waals surface area contributed by atoms with Gasteiger partial charge in [-0.05, 0) is 83.8 Å². The minimum absolute atomic E-state index is 0.449. The average Bonchev–Trinajstić information content (AvgIpc) is 2.91. The zero-order valence-corrected chi connectivity index (χ0v) is 15.3. The predicted molar refractivity (Wildman–Crippen MR) is 95.1 cm³/mol. The van der Waals surface area contributed by atoms with E-state index in [0.29, 0.717) is 5.41 Å². The maximum atomic E-state index is 3.70. The van der Waals surface area contributed by atoms with Crippen molar-refractivity contribution >= 4 is 11.3 Å². The van der Waals surface area contributed by atoms with Gasteiger partial charge in [-0.2, -0.15) is 11.3 Å². The lowest BCUT2D eigenvalue weighted by atomic mass is 9.64. The summed E-state index contributed by atoms with van der Waals surface area (Å²) in [5.41, 5.74) is 2.04. The third-order valence-electron chi connectivity index (χ3n) is 5.15. The summed E-state index contributed by atoms with van der Waals surface area (Å²) in [7, 11) is 0. The van der Waals surface area contributed by atoms with Crippen LogP contribution in [0, 0.1) is 23.2 Å². The molecule has 0 radical (unpaired) electrons. The van der Waals surface area contributed by atoms with Crippen LogP contribution in [0.1, 0.15) is 65.4 Å². The van der Waals surface area contributed by atoms with Crippen molar-refractivity contribution in [3.63, 3.8) is 0 Å². The minimum atomic E-state index is 0.449. The molecule has 1 N–H and O–H groups in total. The first-order chi connectivity index (χ1) is 9.88. The van der Waals surface area contributed by atoms with Gasteiger partial charge < -0.3 is 5.32 Å². The van der Waals surface area contributed by atoms with Crippen molar-refractivity contribution in [2.75, 3.05) is 13.1 Å². The molecule has 1 aromatic heterocycles. The van der Waals surface area contributed by atoms with E-state index in [-0.39, 0.29) is 0 Å². The maximum Gasteiger partial charge on any atom is -0.00145 e. The average molecular weight is 308 g/mol. The Balaban J connectivity index is 2.03. The number of nitrogens with one attached hydrogen (secondary N) is 1. The number of hydrogen-bond donors (Lipinski definition) is 1. The molecule has 0 aromatic carbocycles. The zero-order chi connectivity index (χ0) is 15.5. The minimum Gasteiger partial charge on any atom is -0.316 e. The van der Waals surface area contributed by atoms with Gasteiger partial charge in [0, 0.05) is 0 Å². The molecule has 1 heterocycles. The second kappa shape index (κ2) is 7.28. The Morgan fingerprint density at radius 3 is 2.62 bits per heavy atom. The Bertz CT molecular complexity index is 402. The van der Waals surface area contributed by atoms with Crippen LogP contribution in [-0.2, 0) is 0 Å². The summed E-state index contributed by atoms with van der Waals surface area (Å²) in [5.74, 6) is 3.19. The molecule has 0 amide bonds. The van der Waals surface area contributed by atoms with Crippen LogP contribution in [0.15, 0.2) is 16.8 Å². The first-order valence-electron chi connectivity index (χ1n) is 8.60. The quantitative estimate of drug-likeness (QED) is 0.753. The first kappa shape index (κ1) is 17.0. The van der Waals surface area contributed by atoms with Crippen LogP contribution in [0.5, 0.6) is 0 Å². The molecule has 1 fully saturated rings. The lowest BCUT2D eigenvalue weighted by molar-refractivity contribution is 0.129. The Morgan fingerprint density at radius 2 is 2.05 bits per heavy atom. The van der Waals surface area contributed by atoms with Crippen LogP contribution in [0.2, 0.25) is 0 Å². The highest BCUT2D eigenvalue weighted by atomic mass is 32.1. The SMILES string of the molecule is CC(C)CNCC1CCC(C(C)(C)C)CC1c1ccsc1. The fourth-order valence-electron chi connectivity index (χ4n) is 3.72. The molecule has 3 unspecified atom stereocenters. The van der Waals surface area contributed by atoms with Crippen molar-refractivity contribution in [1.29, 1.82) is 0 Å². The number of rotatable bonds is 5. The summed E-state index contributed by atoms with van der Waals surface area (Å²) in [6, 6.07) is 2.36. The van der Waals surface area contributed by atoms with Crippen LogP contribution in [0.3, 0.4) is 0 Å². The van der Waals surface area contributed by atoms with Gasteiger partial charge in [0.2, 0.25) is 0 Å². The van der Waals surface area contributed by atoms with E-state index in [4.69, 9.17) is 0 Å². The third-order valence-corrected chi connectivity index (χ3v) is 5.85. The highest BCUT2D eigenvalue weighted by Gasteiger charge is 2.36. The number of thiophene rings is 1. The predicted octanol–water partition coefficient (Wildman–Crippen LogP) is 5.54. The van der Waals surface area contributed by atoms with Gasteiger partial charge in [0.05, 0.1) is 0 Å². The van der Waals surface area contributed by atoms with E-state index in [1.165, 1.54) is 25.8 Å². The Kier molecular flexibility index (Phi) is 5.90. The maximum absolute atomic E-state index is 3.70. The van der Waals surface area contributed by atoms with Gasteiger partial charge in [0.1, 0.15) is 0 Å². The lowest BCUT2D eigenvalue weighted by Gasteiger charge is -2.42. The largest absolute Gasteiger partial charge is 0.316 e. The standard InChI is InChI=1S/C19H33NS/c1-14(2)11-20-12-15-6-7-17(19(3,4)5)10-18(15)16-8-9-21-13-16/h8-9,13-15,17-18,20H,6-7,10-12H2,1-5H3. The van der Waals surface area contributed by atoms with Gasteiger partial charge in [0.25, 0.3) is 0 Å². The van der Waals surface area contributed by atoms with Crippen LogP contribution >= 0.6 is 11.3 Å². The molecule has 2 heteroatoms. The third kappa shape index (κ3) is 4.82. The lowest BCUT2D eigenvalue weighted by Crippen LogP contribution is -2.36. The molecule has 120 valence electrons. The highest BCUT2D eigenvalue weighted by Crippen LogP contribution is 2.47. The van der Waals surface area contributed by atoms with E-state index in [1.807, 2.05) is 11.3 Å². The van der Waals surface area contributed by atoms with E-state index < -0.39 is 0 Å². The summed E-state index contributed by atoms with van der Waals surface area (Å²) in [4.78, 5) is 0. The van der Waals surface area contributed by atoms with E-state index >= 15 is 0 Å². The summed E-state index contributed by atoms with van der Waals surface area (Å²) < 4.78 is 0. The molecule has 3 atom stereocenters. The van der Waals surface area contributed by atoms with Crippen LogP contribution in [0.25, 0.3) is 0 Å². The zero-order valence-electron chi connectivity index (χ0n) is 14.5. The van der Waals surface area contributed by atoms with Crippen molar-refractivity contribution in [3.05, 3.63) is 22.4 Å². The number of hydrogen-bond acceptors (Lipinski definition) is 2. The molecule has 0 saturated heterocycles. The van der Waals surface area contributed by atoms with Gasteiger partial charge in [-0.1, -0.05) is 34.6 Å². The van der Waals surface area contributed by atoms with Gasteiger partial charge in [-0.15, -0.1) is 0 Å². The molecule has 0 bridgehead atoms. The van der Waals surface area contributed by atoms with Crippen molar-refractivity contribution in [2.24, 2.45) is 23.2 Å². The smallest absolute Gasteiger partial charge is 0.00145 e. The van der Waals surface area contributed by atoms with Crippen molar-refractivity contribution in [2.45, 2.75) is 59.8 Å². The van der Waals surface area contributed by atoms with Gasteiger partial charge in [0.15, 0.2) is 0 Å². The summed E-state index contributed by atoms with van der Waals surface area (Å²) in [6.07, 6.45) is 4.15. The fraction of sp³-hybridized carbons (Fsp3) is 0.789. The molecule has 2 rings (SSSR count). The molecule has 21 heavy (non-hydrogen) atoms. The normalized spacial score (nSPS) is 27.2. The van der Waals surface area contributed by atoms with E-state index in [9.17, 15) is 0 Å². The molecule has 1 aliphatic rings. The molecular weight excluding hydrogens is 274 g/mol. The monoisotopic (exact) mass is 307 g/mol. The second-order valence-corrected chi connectivity index (χ2v) is 9.13. The highest BCUT2D eigenvalue weighted by molar-refractivity contribution is 7.07. The van der Waals surface area contributed by atoms with E-state index in [1.54, 1.807) is 5.56 Å². The van der Waals surface area contributed by atoms with Crippen LogP contribution in [0.4, 0.5) is 0 Å². The van der Waals surface area contributed by atoms with Crippen molar-refractivity contribution < 1.29 is 0 Å². The molecule has 1 aliphatic carbocycles. The Labute approximate surface area is 135 Å². The topological polar surface area (TPSA) is 12.0 Å². The second-order valence-electron chi connectivity index (χ2n) is 8.35.